The fourth-order valence-electron chi connectivity index (χ4n) is 3.06. The van der Waals surface area contributed by atoms with Crippen LogP contribution in [0.1, 0.15) is 26.7 Å². The Hall–Kier alpha value is -1.55. The molecule has 0 spiro atoms. The number of aliphatic hydroxyl groups excluding tert-OH is 1. The van der Waals surface area contributed by atoms with E-state index in [4.69, 9.17) is 5.73 Å². The maximum absolute atomic E-state index is 12.9. The maximum Gasteiger partial charge on any atom is 0.233 e. The molecule has 4 heteroatoms. The minimum atomic E-state index is -0.474. The van der Waals surface area contributed by atoms with Crippen LogP contribution in [0.4, 0.5) is 0 Å². The lowest BCUT2D eigenvalue weighted by molar-refractivity contribution is -0.135. The molecule has 0 aliphatic heterocycles. The molecule has 1 fully saturated rings. The van der Waals surface area contributed by atoms with Crippen molar-refractivity contribution in [1.82, 2.24) is 4.90 Å². The van der Waals surface area contributed by atoms with Crippen molar-refractivity contribution in [1.29, 1.82) is 0 Å². The van der Waals surface area contributed by atoms with E-state index in [1.54, 1.807) is 6.08 Å². The molecule has 0 saturated heterocycles. The van der Waals surface area contributed by atoms with Gasteiger partial charge in [-0.3, -0.25) is 4.79 Å². The minimum Gasteiger partial charge on any atom is -0.512 e. The van der Waals surface area contributed by atoms with Gasteiger partial charge in [-0.1, -0.05) is 18.2 Å². The van der Waals surface area contributed by atoms with Crippen molar-refractivity contribution < 1.29 is 9.90 Å². The number of allylic oxidation sites excluding steroid dienone is 4. The first-order valence-electron chi connectivity index (χ1n) is 7.36. The normalized spacial score (nSPS) is 28.4. The lowest BCUT2D eigenvalue weighted by Crippen LogP contribution is -2.39. The van der Waals surface area contributed by atoms with Crippen LogP contribution in [0.5, 0.6) is 0 Å². The maximum atomic E-state index is 12.9. The van der Waals surface area contributed by atoms with Crippen molar-refractivity contribution in [2.45, 2.75) is 26.7 Å². The van der Waals surface area contributed by atoms with Gasteiger partial charge in [-0.05, 0) is 44.4 Å². The van der Waals surface area contributed by atoms with Crippen LogP contribution in [-0.2, 0) is 4.79 Å². The second kappa shape index (κ2) is 5.83. The van der Waals surface area contributed by atoms with E-state index in [-0.39, 0.29) is 11.8 Å². The predicted octanol–water partition coefficient (Wildman–Crippen LogP) is 2.15. The zero-order chi connectivity index (χ0) is 14.8. The molecule has 0 heterocycles. The number of rotatable bonds is 5. The first-order chi connectivity index (χ1) is 9.59. The molecule has 1 saturated carbocycles. The second-order valence-corrected chi connectivity index (χ2v) is 5.47. The van der Waals surface area contributed by atoms with Crippen molar-refractivity contribution in [3.8, 4) is 0 Å². The molecule has 0 aromatic heterocycles. The van der Waals surface area contributed by atoms with E-state index in [1.807, 2.05) is 37.0 Å². The van der Waals surface area contributed by atoms with E-state index in [2.05, 4.69) is 0 Å². The Morgan fingerprint density at radius 3 is 2.70 bits per heavy atom. The van der Waals surface area contributed by atoms with E-state index in [1.165, 1.54) is 0 Å². The molecule has 110 valence electrons. The average Bonchev–Trinajstić information content (AvgIpc) is 3.21. The van der Waals surface area contributed by atoms with E-state index in [0.717, 1.165) is 12.0 Å². The molecule has 0 aromatic carbocycles. The number of nitrogens with two attached hydrogens (primary N) is 1. The van der Waals surface area contributed by atoms with Gasteiger partial charge >= 0.3 is 0 Å². The second-order valence-electron chi connectivity index (χ2n) is 5.47. The van der Waals surface area contributed by atoms with Crippen LogP contribution in [0, 0.1) is 11.3 Å². The summed E-state index contributed by atoms with van der Waals surface area (Å²) in [6.07, 6.45) is 8.77. The fraction of sp³-hybridized carbons (Fsp3) is 0.562. The highest BCUT2D eigenvalue weighted by atomic mass is 16.3. The minimum absolute atomic E-state index is 0.170. The average molecular weight is 276 g/mol. The van der Waals surface area contributed by atoms with Crippen molar-refractivity contribution in [2.75, 3.05) is 19.6 Å². The topological polar surface area (TPSA) is 66.6 Å². The molecule has 2 rings (SSSR count). The highest BCUT2D eigenvalue weighted by Crippen LogP contribution is 2.59. The molecular formula is C16H24N2O2. The van der Waals surface area contributed by atoms with Gasteiger partial charge < -0.3 is 15.7 Å². The van der Waals surface area contributed by atoms with E-state index in [0.29, 0.717) is 31.8 Å². The van der Waals surface area contributed by atoms with Gasteiger partial charge in [-0.25, -0.2) is 0 Å². The Bertz CT molecular complexity index is 475. The summed E-state index contributed by atoms with van der Waals surface area (Å²) >= 11 is 0. The summed E-state index contributed by atoms with van der Waals surface area (Å²) < 4.78 is 0. The highest BCUT2D eigenvalue weighted by molar-refractivity contribution is 5.90. The molecular weight excluding hydrogens is 252 g/mol. The number of amides is 1. The predicted molar refractivity (Wildman–Crippen MR) is 80.1 cm³/mol. The van der Waals surface area contributed by atoms with Crippen LogP contribution in [0.3, 0.4) is 0 Å². The van der Waals surface area contributed by atoms with Crippen LogP contribution < -0.4 is 5.73 Å². The van der Waals surface area contributed by atoms with Gasteiger partial charge in [0.1, 0.15) is 0 Å². The lowest BCUT2D eigenvalue weighted by atomic mass is 9.90. The van der Waals surface area contributed by atoms with Gasteiger partial charge in [0.2, 0.25) is 5.91 Å². The molecule has 2 aliphatic carbocycles. The van der Waals surface area contributed by atoms with E-state index in [9.17, 15) is 9.90 Å². The van der Waals surface area contributed by atoms with Gasteiger partial charge in [0, 0.05) is 19.5 Å². The quantitative estimate of drug-likeness (QED) is 0.808. The largest absolute Gasteiger partial charge is 0.512 e. The molecule has 3 N–H and O–H groups in total. The molecule has 20 heavy (non-hydrogen) atoms. The Morgan fingerprint density at radius 1 is 1.45 bits per heavy atom. The Kier molecular flexibility index (Phi) is 4.33. The third kappa shape index (κ3) is 2.40. The van der Waals surface area contributed by atoms with Gasteiger partial charge in [0.25, 0.3) is 0 Å². The number of hydrogen-bond donors (Lipinski definition) is 2. The lowest BCUT2D eigenvalue weighted by Gasteiger charge is -2.27. The van der Waals surface area contributed by atoms with Crippen LogP contribution in [0.15, 0.2) is 35.6 Å². The van der Waals surface area contributed by atoms with Gasteiger partial charge in [-0.2, -0.15) is 0 Å². The Morgan fingerprint density at radius 2 is 2.15 bits per heavy atom. The summed E-state index contributed by atoms with van der Waals surface area (Å²) in [4.78, 5) is 14.7. The highest BCUT2D eigenvalue weighted by Gasteiger charge is 2.61. The van der Waals surface area contributed by atoms with Crippen molar-refractivity contribution >= 4 is 5.91 Å². The third-order valence-electron chi connectivity index (χ3n) is 4.42. The zero-order valence-electron chi connectivity index (χ0n) is 12.3. The molecule has 0 unspecified atom stereocenters. The molecule has 0 radical (unpaired) electrons. The number of nitrogens with zero attached hydrogens (tertiary/aromatic N) is 1. The van der Waals surface area contributed by atoms with E-state index >= 15 is 0 Å². The smallest absolute Gasteiger partial charge is 0.233 e. The molecule has 2 aliphatic rings. The Balaban J connectivity index is 2.34. The first kappa shape index (κ1) is 14.9. The summed E-state index contributed by atoms with van der Waals surface area (Å²) in [5.41, 5.74) is 6.32. The summed E-state index contributed by atoms with van der Waals surface area (Å²) in [6, 6.07) is 0. The number of carbonyl (C=O) groups excluding carboxylic acids is 1. The number of hydrogen-bond acceptors (Lipinski definition) is 3. The van der Waals surface area contributed by atoms with Crippen molar-refractivity contribution in [2.24, 2.45) is 17.1 Å². The van der Waals surface area contributed by atoms with Crippen molar-refractivity contribution in [3.05, 3.63) is 35.6 Å². The van der Waals surface area contributed by atoms with Crippen LogP contribution >= 0.6 is 0 Å². The summed E-state index contributed by atoms with van der Waals surface area (Å²) in [5, 5.41) is 9.60. The third-order valence-corrected chi connectivity index (χ3v) is 4.42. The monoisotopic (exact) mass is 276 g/mol. The molecule has 2 atom stereocenters. The number of aliphatic hydroxyl groups is 1. The zero-order valence-corrected chi connectivity index (χ0v) is 12.3. The van der Waals surface area contributed by atoms with Crippen LogP contribution in [0.2, 0.25) is 0 Å². The van der Waals surface area contributed by atoms with Crippen molar-refractivity contribution in [3.63, 3.8) is 0 Å². The fourth-order valence-corrected chi connectivity index (χ4v) is 3.06. The van der Waals surface area contributed by atoms with Crippen LogP contribution in [0.25, 0.3) is 0 Å². The Labute approximate surface area is 120 Å². The summed E-state index contributed by atoms with van der Waals surface area (Å²) in [7, 11) is 0. The van der Waals surface area contributed by atoms with Gasteiger partial charge in [0.05, 0.1) is 11.2 Å². The van der Waals surface area contributed by atoms with Crippen LogP contribution in [-0.4, -0.2) is 35.5 Å². The molecule has 0 aromatic rings. The molecule has 1 amide bonds. The standard InChI is InChI=1S/C16H24N2O2/c1-3-18(4-2)15(20)16(10-13(16)11-17)12-6-5-7-14(19)9-8-12/h5-6,8-9,13,19H,3-4,7,10-11,17H2,1-2H3/t13-,16-/m1/s1. The van der Waals surface area contributed by atoms with Gasteiger partial charge in [-0.15, -0.1) is 0 Å². The van der Waals surface area contributed by atoms with E-state index < -0.39 is 5.41 Å². The summed E-state index contributed by atoms with van der Waals surface area (Å²) in [5.74, 6) is 0.704. The number of carbonyl (C=O) groups is 1. The molecule has 4 nitrogen and oxygen atoms in total. The SMILES string of the molecule is CCN(CC)C(=O)[C@@]1(C2=CC=C(O)CC=C2)C[C@@H]1CN. The molecule has 0 bridgehead atoms. The summed E-state index contributed by atoms with van der Waals surface area (Å²) in [6.45, 7) is 5.95. The first-order valence-corrected chi connectivity index (χ1v) is 7.36. The van der Waals surface area contributed by atoms with Gasteiger partial charge in [0.15, 0.2) is 0 Å².